The number of nitrogens with zero attached hydrogens (tertiary/aromatic N) is 3. The molecule has 2 aromatic heterocycles. The van der Waals surface area contributed by atoms with Crippen molar-refractivity contribution < 1.29 is 4.79 Å². The van der Waals surface area contributed by atoms with E-state index in [9.17, 15) is 9.59 Å². The molecule has 0 unspecified atom stereocenters. The number of nitrogens with one attached hydrogen (secondary N) is 1. The van der Waals surface area contributed by atoms with Crippen molar-refractivity contribution >= 4 is 17.2 Å². The number of carbonyl (C=O) groups excluding carboxylic acids is 1. The Morgan fingerprint density at radius 3 is 2.52 bits per heavy atom. The van der Waals surface area contributed by atoms with Crippen molar-refractivity contribution in [2.24, 2.45) is 0 Å². The first kappa shape index (κ1) is 16.6. The SMILES string of the molecule is CCn1nc(-c2ccccc2)c(C(C)=O)c(Nc2cccnc2)c1=O. The Balaban J connectivity index is 2.28. The van der Waals surface area contributed by atoms with Gasteiger partial charge in [0.1, 0.15) is 11.4 Å². The summed E-state index contributed by atoms with van der Waals surface area (Å²) in [6, 6.07) is 12.9. The minimum atomic E-state index is -0.337. The highest BCUT2D eigenvalue weighted by Gasteiger charge is 2.21. The lowest BCUT2D eigenvalue weighted by Gasteiger charge is -2.16. The van der Waals surface area contributed by atoms with Gasteiger partial charge in [-0.15, -0.1) is 0 Å². The first-order valence-corrected chi connectivity index (χ1v) is 8.00. The van der Waals surface area contributed by atoms with E-state index in [-0.39, 0.29) is 22.6 Å². The third-order valence-electron chi connectivity index (χ3n) is 3.79. The number of hydrogen-bond donors (Lipinski definition) is 1. The number of pyridine rings is 1. The second-order valence-electron chi connectivity index (χ2n) is 5.51. The van der Waals surface area contributed by atoms with Gasteiger partial charge in [-0.1, -0.05) is 30.3 Å². The summed E-state index contributed by atoms with van der Waals surface area (Å²) < 4.78 is 1.35. The lowest BCUT2D eigenvalue weighted by atomic mass is 10.0. The molecule has 126 valence electrons. The molecule has 1 aromatic carbocycles. The topological polar surface area (TPSA) is 76.9 Å². The van der Waals surface area contributed by atoms with Gasteiger partial charge >= 0.3 is 0 Å². The summed E-state index contributed by atoms with van der Waals surface area (Å²) in [7, 11) is 0. The summed E-state index contributed by atoms with van der Waals surface area (Å²) in [5, 5.41) is 7.46. The van der Waals surface area contributed by atoms with Gasteiger partial charge < -0.3 is 5.32 Å². The fourth-order valence-corrected chi connectivity index (χ4v) is 2.62. The van der Waals surface area contributed by atoms with Gasteiger partial charge in [0.05, 0.1) is 17.4 Å². The van der Waals surface area contributed by atoms with Crippen molar-refractivity contribution in [3.63, 3.8) is 0 Å². The molecule has 0 spiro atoms. The van der Waals surface area contributed by atoms with Crippen LogP contribution in [-0.4, -0.2) is 20.5 Å². The Hall–Kier alpha value is -3.28. The van der Waals surface area contributed by atoms with Crippen LogP contribution in [0.3, 0.4) is 0 Å². The molecule has 3 aromatic rings. The van der Waals surface area contributed by atoms with Crippen molar-refractivity contribution in [2.75, 3.05) is 5.32 Å². The Kier molecular flexibility index (Phi) is 4.70. The first-order valence-electron chi connectivity index (χ1n) is 8.00. The summed E-state index contributed by atoms with van der Waals surface area (Å²) in [6.07, 6.45) is 3.24. The molecule has 3 rings (SSSR count). The van der Waals surface area contributed by atoms with Crippen LogP contribution in [0.1, 0.15) is 24.2 Å². The Labute approximate surface area is 145 Å². The largest absolute Gasteiger partial charge is 0.349 e. The molecule has 6 heteroatoms. The van der Waals surface area contributed by atoms with Gasteiger partial charge in [-0.25, -0.2) is 4.68 Å². The molecule has 0 aliphatic rings. The smallest absolute Gasteiger partial charge is 0.291 e. The highest BCUT2D eigenvalue weighted by atomic mass is 16.1. The molecule has 0 amide bonds. The van der Waals surface area contributed by atoms with Crippen molar-refractivity contribution in [3.8, 4) is 11.3 Å². The number of aromatic nitrogens is 3. The molecule has 1 N–H and O–H groups in total. The van der Waals surface area contributed by atoms with Crippen LogP contribution in [0.2, 0.25) is 0 Å². The zero-order valence-corrected chi connectivity index (χ0v) is 14.1. The normalized spacial score (nSPS) is 10.5. The zero-order valence-electron chi connectivity index (χ0n) is 14.1. The number of Topliss-reactive ketones (excluding diaryl/α,β-unsaturated/α-hetero) is 1. The number of carbonyl (C=O) groups is 1. The van der Waals surface area contributed by atoms with Crippen LogP contribution in [0.15, 0.2) is 59.7 Å². The van der Waals surface area contributed by atoms with Crippen LogP contribution in [0.25, 0.3) is 11.3 Å². The number of benzene rings is 1. The quantitative estimate of drug-likeness (QED) is 0.725. The maximum atomic E-state index is 12.8. The molecule has 0 atom stereocenters. The molecule has 0 fully saturated rings. The van der Waals surface area contributed by atoms with Gasteiger partial charge in [0.2, 0.25) is 0 Å². The molecule has 0 aliphatic carbocycles. The maximum absolute atomic E-state index is 12.8. The molecular formula is C19H18N4O2. The molecule has 6 nitrogen and oxygen atoms in total. The van der Waals surface area contributed by atoms with Crippen LogP contribution < -0.4 is 10.9 Å². The van der Waals surface area contributed by atoms with E-state index in [1.54, 1.807) is 24.5 Å². The van der Waals surface area contributed by atoms with Crippen LogP contribution >= 0.6 is 0 Å². The van der Waals surface area contributed by atoms with Crippen molar-refractivity contribution in [1.29, 1.82) is 0 Å². The summed E-state index contributed by atoms with van der Waals surface area (Å²) >= 11 is 0. The van der Waals surface area contributed by atoms with E-state index in [2.05, 4.69) is 15.4 Å². The first-order chi connectivity index (χ1) is 12.1. The predicted octanol–water partition coefficient (Wildman–Crippen LogP) is 3.27. The van der Waals surface area contributed by atoms with Crippen molar-refractivity contribution in [2.45, 2.75) is 20.4 Å². The minimum absolute atomic E-state index is 0.219. The van der Waals surface area contributed by atoms with Crippen molar-refractivity contribution in [1.82, 2.24) is 14.8 Å². The average Bonchev–Trinajstić information content (AvgIpc) is 2.64. The highest BCUT2D eigenvalue weighted by molar-refractivity contribution is 6.05. The fraction of sp³-hybridized carbons (Fsp3) is 0.158. The molecular weight excluding hydrogens is 316 g/mol. The molecule has 0 saturated carbocycles. The standard InChI is InChI=1S/C19H18N4O2/c1-3-23-19(25)18(21-15-10-7-11-20-12-15)16(13(2)24)17(22-23)14-8-5-4-6-9-14/h4-12,21H,3H2,1-2H3. The molecule has 2 heterocycles. The molecule has 0 saturated heterocycles. The predicted molar refractivity (Wildman–Crippen MR) is 97.1 cm³/mol. The van der Waals surface area contributed by atoms with Crippen LogP contribution in [-0.2, 0) is 6.54 Å². The Morgan fingerprint density at radius 1 is 1.16 bits per heavy atom. The van der Waals surface area contributed by atoms with Crippen molar-refractivity contribution in [3.05, 3.63) is 70.8 Å². The molecule has 0 radical (unpaired) electrons. The zero-order chi connectivity index (χ0) is 17.8. The number of rotatable bonds is 5. The summed E-state index contributed by atoms with van der Waals surface area (Å²) in [5.74, 6) is -0.224. The molecule has 25 heavy (non-hydrogen) atoms. The number of aryl methyl sites for hydroxylation is 1. The third kappa shape index (κ3) is 3.33. The average molecular weight is 334 g/mol. The van der Waals surface area contributed by atoms with Crippen LogP contribution in [0, 0.1) is 0 Å². The fourth-order valence-electron chi connectivity index (χ4n) is 2.62. The number of hydrogen-bond acceptors (Lipinski definition) is 5. The van der Waals surface area contributed by atoms with Gasteiger partial charge in [-0.2, -0.15) is 5.10 Å². The van der Waals surface area contributed by atoms with E-state index >= 15 is 0 Å². The summed E-state index contributed by atoms with van der Waals surface area (Å²) in [5.41, 5.74) is 2.07. The van der Waals surface area contributed by atoms with E-state index in [0.29, 0.717) is 17.9 Å². The van der Waals surface area contributed by atoms with Gasteiger partial charge in [-0.3, -0.25) is 14.6 Å². The van der Waals surface area contributed by atoms with E-state index in [1.165, 1.54) is 11.6 Å². The van der Waals surface area contributed by atoms with Gasteiger partial charge in [0, 0.05) is 18.3 Å². The van der Waals surface area contributed by atoms with Gasteiger partial charge in [0.15, 0.2) is 5.78 Å². The summed E-state index contributed by atoms with van der Waals surface area (Å²) in [6.45, 7) is 3.68. The molecule has 0 aliphatic heterocycles. The third-order valence-corrected chi connectivity index (χ3v) is 3.79. The second kappa shape index (κ2) is 7.09. The van der Waals surface area contributed by atoms with E-state index in [1.807, 2.05) is 37.3 Å². The van der Waals surface area contributed by atoms with Crippen LogP contribution in [0.5, 0.6) is 0 Å². The lowest BCUT2D eigenvalue weighted by Crippen LogP contribution is -2.28. The Morgan fingerprint density at radius 2 is 1.92 bits per heavy atom. The van der Waals surface area contributed by atoms with E-state index < -0.39 is 0 Å². The van der Waals surface area contributed by atoms with Gasteiger partial charge in [-0.05, 0) is 26.0 Å². The van der Waals surface area contributed by atoms with E-state index in [0.717, 1.165) is 5.56 Å². The molecule has 0 bridgehead atoms. The summed E-state index contributed by atoms with van der Waals surface area (Å²) in [4.78, 5) is 29.2. The highest BCUT2D eigenvalue weighted by Crippen LogP contribution is 2.27. The van der Waals surface area contributed by atoms with Gasteiger partial charge in [0.25, 0.3) is 5.56 Å². The number of anilines is 2. The van der Waals surface area contributed by atoms with Crippen LogP contribution in [0.4, 0.5) is 11.4 Å². The lowest BCUT2D eigenvalue weighted by molar-refractivity contribution is 0.101. The van der Waals surface area contributed by atoms with E-state index in [4.69, 9.17) is 0 Å². The monoisotopic (exact) mass is 334 g/mol. The Bertz CT molecular complexity index is 950. The minimum Gasteiger partial charge on any atom is -0.349 e. The second-order valence-corrected chi connectivity index (χ2v) is 5.51. The maximum Gasteiger partial charge on any atom is 0.291 e. The number of ketones is 1.